The maximum atomic E-state index is 5.71. The van der Waals surface area contributed by atoms with E-state index in [4.69, 9.17) is 4.74 Å². The largest absolute Gasteiger partial charge is 0.491 e. The van der Waals surface area contributed by atoms with Gasteiger partial charge in [-0.25, -0.2) is 0 Å². The van der Waals surface area contributed by atoms with Crippen molar-refractivity contribution < 1.29 is 4.74 Å². The monoisotopic (exact) mass is 277 g/mol. The molecular formula is C18H31NO. The molecule has 1 N–H and O–H groups in total. The molecule has 20 heavy (non-hydrogen) atoms. The maximum absolute atomic E-state index is 5.71. The van der Waals surface area contributed by atoms with Gasteiger partial charge in [0.05, 0.1) is 6.10 Å². The number of ether oxygens (including phenoxy) is 1. The Morgan fingerprint density at radius 2 is 1.65 bits per heavy atom. The van der Waals surface area contributed by atoms with Gasteiger partial charge >= 0.3 is 0 Å². The van der Waals surface area contributed by atoms with E-state index in [1.54, 1.807) is 0 Å². The number of nitrogens with one attached hydrogen (secondary N) is 1. The quantitative estimate of drug-likeness (QED) is 0.703. The highest BCUT2D eigenvalue weighted by Gasteiger charge is 2.17. The van der Waals surface area contributed by atoms with Crippen LogP contribution in [-0.2, 0) is 0 Å². The van der Waals surface area contributed by atoms with Crippen LogP contribution in [0.5, 0.6) is 5.75 Å². The highest BCUT2D eigenvalue weighted by atomic mass is 16.5. The van der Waals surface area contributed by atoms with Crippen LogP contribution in [0.2, 0.25) is 0 Å². The summed E-state index contributed by atoms with van der Waals surface area (Å²) in [6, 6.07) is 9.16. The predicted molar refractivity (Wildman–Crippen MR) is 87.6 cm³/mol. The number of hydrogen-bond donors (Lipinski definition) is 1. The second kappa shape index (κ2) is 9.02. The fourth-order valence-electron chi connectivity index (χ4n) is 2.52. The second-order valence-corrected chi connectivity index (χ2v) is 5.87. The lowest BCUT2D eigenvalue weighted by Crippen LogP contribution is -2.34. The van der Waals surface area contributed by atoms with Crippen LogP contribution < -0.4 is 10.1 Å². The van der Waals surface area contributed by atoms with E-state index in [2.05, 4.69) is 64.2 Å². The van der Waals surface area contributed by atoms with E-state index in [9.17, 15) is 0 Å². The van der Waals surface area contributed by atoms with E-state index in [0.29, 0.717) is 12.0 Å². The van der Waals surface area contributed by atoms with E-state index in [-0.39, 0.29) is 6.10 Å². The standard InChI is InChI=1S/C18H31NO/c1-6-8-18(19-13-7-2)15(5)16-9-11-17(12-10-16)20-14(3)4/h9-12,14-15,18-19H,6-8,13H2,1-5H3. The molecule has 0 aliphatic rings. The Kier molecular flexibility index (Phi) is 7.68. The summed E-state index contributed by atoms with van der Waals surface area (Å²) in [6.07, 6.45) is 3.87. The van der Waals surface area contributed by atoms with Crippen molar-refractivity contribution >= 4 is 0 Å². The van der Waals surface area contributed by atoms with Crippen molar-refractivity contribution in [2.45, 2.75) is 71.9 Å². The molecular weight excluding hydrogens is 246 g/mol. The Balaban J connectivity index is 2.70. The van der Waals surface area contributed by atoms with E-state index in [0.717, 1.165) is 12.3 Å². The number of benzene rings is 1. The van der Waals surface area contributed by atoms with Gasteiger partial charge in [0.25, 0.3) is 0 Å². The third-order valence-electron chi connectivity index (χ3n) is 3.64. The molecule has 1 rings (SSSR count). The highest BCUT2D eigenvalue weighted by molar-refractivity contribution is 5.30. The van der Waals surface area contributed by atoms with E-state index < -0.39 is 0 Å². The lowest BCUT2D eigenvalue weighted by atomic mass is 9.90. The Labute approximate surface area is 124 Å². The summed E-state index contributed by atoms with van der Waals surface area (Å²) in [7, 11) is 0. The van der Waals surface area contributed by atoms with E-state index in [1.807, 2.05) is 0 Å². The second-order valence-electron chi connectivity index (χ2n) is 5.87. The normalized spacial score (nSPS) is 14.3. The summed E-state index contributed by atoms with van der Waals surface area (Å²) in [5.41, 5.74) is 1.39. The van der Waals surface area contributed by atoms with Crippen LogP contribution >= 0.6 is 0 Å². The van der Waals surface area contributed by atoms with Gasteiger partial charge in [0, 0.05) is 6.04 Å². The third kappa shape index (κ3) is 5.54. The first-order chi connectivity index (χ1) is 9.58. The minimum absolute atomic E-state index is 0.234. The summed E-state index contributed by atoms with van der Waals surface area (Å²) < 4.78 is 5.71. The first-order valence-corrected chi connectivity index (χ1v) is 8.08. The molecule has 0 spiro atoms. The molecule has 0 amide bonds. The molecule has 0 saturated heterocycles. The summed E-state index contributed by atoms with van der Waals surface area (Å²) in [5, 5.41) is 3.68. The molecule has 114 valence electrons. The average molecular weight is 277 g/mol. The van der Waals surface area contributed by atoms with Gasteiger partial charge in [-0.3, -0.25) is 0 Å². The Morgan fingerprint density at radius 3 is 2.15 bits per heavy atom. The van der Waals surface area contributed by atoms with Crippen LogP contribution in [0.25, 0.3) is 0 Å². The molecule has 2 heteroatoms. The topological polar surface area (TPSA) is 21.3 Å². The van der Waals surface area contributed by atoms with Gasteiger partial charge in [-0.05, 0) is 56.8 Å². The summed E-state index contributed by atoms with van der Waals surface area (Å²) in [5.74, 6) is 1.50. The van der Waals surface area contributed by atoms with Crippen molar-refractivity contribution in [1.29, 1.82) is 0 Å². The zero-order chi connectivity index (χ0) is 15.0. The average Bonchev–Trinajstić information content (AvgIpc) is 2.43. The van der Waals surface area contributed by atoms with Gasteiger partial charge < -0.3 is 10.1 Å². The lowest BCUT2D eigenvalue weighted by Gasteiger charge is -2.25. The third-order valence-corrected chi connectivity index (χ3v) is 3.64. The molecule has 1 aromatic carbocycles. The fourth-order valence-corrected chi connectivity index (χ4v) is 2.52. The van der Waals surface area contributed by atoms with Crippen LogP contribution in [0.15, 0.2) is 24.3 Å². The van der Waals surface area contributed by atoms with Crippen LogP contribution in [-0.4, -0.2) is 18.7 Å². The Morgan fingerprint density at radius 1 is 1.00 bits per heavy atom. The van der Waals surface area contributed by atoms with Gasteiger partial charge in [-0.1, -0.05) is 39.3 Å². The van der Waals surface area contributed by atoms with Crippen molar-refractivity contribution in [3.63, 3.8) is 0 Å². The Hall–Kier alpha value is -1.02. The SMILES string of the molecule is CCCNC(CCC)C(C)c1ccc(OC(C)C)cc1. The molecule has 0 aliphatic carbocycles. The minimum atomic E-state index is 0.234. The minimum Gasteiger partial charge on any atom is -0.491 e. The zero-order valence-electron chi connectivity index (χ0n) is 13.8. The molecule has 0 heterocycles. The molecule has 0 bridgehead atoms. The van der Waals surface area contributed by atoms with E-state index >= 15 is 0 Å². The van der Waals surface area contributed by atoms with Crippen molar-refractivity contribution in [1.82, 2.24) is 5.32 Å². The molecule has 0 aliphatic heterocycles. The van der Waals surface area contributed by atoms with Crippen molar-refractivity contribution in [3.8, 4) is 5.75 Å². The Bertz CT molecular complexity index is 358. The first kappa shape index (κ1) is 17.0. The van der Waals surface area contributed by atoms with Crippen molar-refractivity contribution in [3.05, 3.63) is 29.8 Å². The molecule has 2 unspecified atom stereocenters. The van der Waals surface area contributed by atoms with Gasteiger partial charge in [-0.15, -0.1) is 0 Å². The van der Waals surface area contributed by atoms with Crippen molar-refractivity contribution in [2.24, 2.45) is 0 Å². The first-order valence-electron chi connectivity index (χ1n) is 8.08. The number of rotatable bonds is 9. The molecule has 0 aromatic heterocycles. The van der Waals surface area contributed by atoms with Crippen LogP contribution in [0.3, 0.4) is 0 Å². The zero-order valence-corrected chi connectivity index (χ0v) is 13.8. The molecule has 2 atom stereocenters. The van der Waals surface area contributed by atoms with Gasteiger partial charge in [-0.2, -0.15) is 0 Å². The lowest BCUT2D eigenvalue weighted by molar-refractivity contribution is 0.242. The molecule has 2 nitrogen and oxygen atoms in total. The van der Waals surface area contributed by atoms with Gasteiger partial charge in [0.15, 0.2) is 0 Å². The molecule has 1 aromatic rings. The molecule has 0 radical (unpaired) electrons. The summed E-state index contributed by atoms with van der Waals surface area (Å²) >= 11 is 0. The molecule has 0 fully saturated rings. The maximum Gasteiger partial charge on any atom is 0.119 e. The number of hydrogen-bond acceptors (Lipinski definition) is 2. The summed E-state index contributed by atoms with van der Waals surface area (Å²) in [6.45, 7) is 12.0. The van der Waals surface area contributed by atoms with E-state index in [1.165, 1.54) is 24.8 Å². The smallest absolute Gasteiger partial charge is 0.119 e. The van der Waals surface area contributed by atoms with Crippen molar-refractivity contribution in [2.75, 3.05) is 6.54 Å². The summed E-state index contributed by atoms with van der Waals surface area (Å²) in [4.78, 5) is 0. The van der Waals surface area contributed by atoms with Crippen LogP contribution in [0.1, 0.15) is 65.4 Å². The van der Waals surface area contributed by atoms with Gasteiger partial charge in [0.1, 0.15) is 5.75 Å². The fraction of sp³-hybridized carbons (Fsp3) is 0.667. The van der Waals surface area contributed by atoms with Gasteiger partial charge in [0.2, 0.25) is 0 Å². The van der Waals surface area contributed by atoms with Crippen LogP contribution in [0, 0.1) is 0 Å². The predicted octanol–water partition coefficient (Wildman–Crippen LogP) is 4.75. The van der Waals surface area contributed by atoms with Crippen LogP contribution in [0.4, 0.5) is 0 Å². The molecule has 0 saturated carbocycles. The highest BCUT2D eigenvalue weighted by Crippen LogP contribution is 2.24.